The second kappa shape index (κ2) is 9.25. The number of para-hydroxylation sites is 1. The molecule has 2 heterocycles. The number of Topliss-reactive ketones (excluding diaryl/α,β-unsaturated/α-hetero) is 1. The van der Waals surface area contributed by atoms with E-state index >= 15 is 0 Å². The highest BCUT2D eigenvalue weighted by atomic mass is 16.5. The van der Waals surface area contributed by atoms with E-state index in [1.54, 1.807) is 47.4 Å². The number of carbonyl (C=O) groups excluding carboxylic acids is 4. The third-order valence-corrected chi connectivity index (χ3v) is 5.82. The van der Waals surface area contributed by atoms with Gasteiger partial charge in [-0.15, -0.1) is 0 Å². The van der Waals surface area contributed by atoms with Crippen LogP contribution in [0.4, 0.5) is 0 Å². The normalized spacial score (nSPS) is 16.0. The molecule has 4 rings (SSSR count). The van der Waals surface area contributed by atoms with E-state index in [0.717, 1.165) is 0 Å². The molecule has 0 aliphatic carbocycles. The minimum Gasteiger partial charge on any atom is -0.465 e. The maximum Gasteiger partial charge on any atom is 0.339 e. The number of aliphatic hydroxyl groups is 1. The third kappa shape index (κ3) is 4.10. The first-order chi connectivity index (χ1) is 16.0. The molecule has 0 saturated carbocycles. The average Bonchev–Trinajstić information content (AvgIpc) is 3.31. The van der Waals surface area contributed by atoms with Gasteiger partial charge in [0.05, 0.1) is 36.4 Å². The highest BCUT2D eigenvalue weighted by Crippen LogP contribution is 2.24. The van der Waals surface area contributed by atoms with E-state index < -0.39 is 30.3 Å². The molecule has 2 aromatic carbocycles. The standard InChI is InChI=1S/C24H23N3O6/c1-33-24(32)18-9-5-8-17-19(12-25-20(17)18)21(29)23(31)27-11-10-26(13-16(27)14-28)22(30)15-6-3-2-4-7-15/h2-9,12,16,25,28H,10-11,13-14H2,1H3. The van der Waals surface area contributed by atoms with E-state index in [4.69, 9.17) is 4.74 Å². The van der Waals surface area contributed by atoms with E-state index in [-0.39, 0.29) is 36.7 Å². The first-order valence-corrected chi connectivity index (χ1v) is 10.4. The van der Waals surface area contributed by atoms with E-state index in [1.807, 2.05) is 6.07 Å². The summed E-state index contributed by atoms with van der Waals surface area (Å²) in [4.78, 5) is 56.7. The number of methoxy groups -OCH3 is 1. The molecule has 33 heavy (non-hydrogen) atoms. The summed E-state index contributed by atoms with van der Waals surface area (Å²) in [5, 5.41) is 10.3. The van der Waals surface area contributed by atoms with Gasteiger partial charge in [0.1, 0.15) is 0 Å². The van der Waals surface area contributed by atoms with Crippen LogP contribution < -0.4 is 0 Å². The van der Waals surface area contributed by atoms with E-state index in [2.05, 4.69) is 4.98 Å². The van der Waals surface area contributed by atoms with Gasteiger partial charge in [-0.3, -0.25) is 14.4 Å². The Balaban J connectivity index is 1.54. The zero-order chi connectivity index (χ0) is 23.5. The van der Waals surface area contributed by atoms with E-state index in [0.29, 0.717) is 16.5 Å². The van der Waals surface area contributed by atoms with Gasteiger partial charge in [-0.2, -0.15) is 0 Å². The Bertz CT molecular complexity index is 1220. The first-order valence-electron chi connectivity index (χ1n) is 10.4. The lowest BCUT2D eigenvalue weighted by Crippen LogP contribution is -2.59. The van der Waals surface area contributed by atoms with Crippen LogP contribution in [0.1, 0.15) is 31.1 Å². The Hall–Kier alpha value is -3.98. The minimum absolute atomic E-state index is 0.115. The van der Waals surface area contributed by atoms with Crippen molar-refractivity contribution in [3.05, 3.63) is 71.4 Å². The van der Waals surface area contributed by atoms with Crippen LogP contribution in [0.3, 0.4) is 0 Å². The SMILES string of the molecule is COC(=O)c1cccc2c(C(=O)C(=O)N3CCN(C(=O)c4ccccc4)CC3CO)c[nH]c12. The van der Waals surface area contributed by atoms with E-state index in [1.165, 1.54) is 18.2 Å². The number of carbonyl (C=O) groups is 4. The van der Waals surface area contributed by atoms with Gasteiger partial charge < -0.3 is 24.6 Å². The molecule has 9 nitrogen and oxygen atoms in total. The maximum absolute atomic E-state index is 13.1. The molecule has 1 fully saturated rings. The van der Waals surface area contributed by atoms with Crippen LogP contribution in [0.2, 0.25) is 0 Å². The Morgan fingerprint density at radius 2 is 1.79 bits per heavy atom. The van der Waals surface area contributed by atoms with Gasteiger partial charge in [0, 0.05) is 36.8 Å². The van der Waals surface area contributed by atoms with Crippen molar-refractivity contribution in [1.29, 1.82) is 0 Å². The summed E-state index contributed by atoms with van der Waals surface area (Å²) in [5.41, 5.74) is 1.30. The Morgan fingerprint density at radius 3 is 2.48 bits per heavy atom. The Morgan fingerprint density at radius 1 is 1.03 bits per heavy atom. The third-order valence-electron chi connectivity index (χ3n) is 5.82. The van der Waals surface area contributed by atoms with Crippen molar-refractivity contribution in [3.8, 4) is 0 Å². The quantitative estimate of drug-likeness (QED) is 0.346. The second-order valence-electron chi connectivity index (χ2n) is 7.70. The number of hydrogen-bond donors (Lipinski definition) is 2. The number of fused-ring (bicyclic) bond motifs is 1. The fourth-order valence-corrected chi connectivity index (χ4v) is 4.09. The van der Waals surface area contributed by atoms with Crippen molar-refractivity contribution in [2.75, 3.05) is 33.4 Å². The van der Waals surface area contributed by atoms with Crippen LogP contribution in [-0.2, 0) is 9.53 Å². The number of ketones is 1. The predicted molar refractivity (Wildman–Crippen MR) is 119 cm³/mol. The summed E-state index contributed by atoms with van der Waals surface area (Å²) >= 11 is 0. The van der Waals surface area contributed by atoms with Gasteiger partial charge in [-0.1, -0.05) is 30.3 Å². The monoisotopic (exact) mass is 449 g/mol. The van der Waals surface area contributed by atoms with Gasteiger partial charge in [-0.25, -0.2) is 4.79 Å². The number of H-pyrrole nitrogens is 1. The fourth-order valence-electron chi connectivity index (χ4n) is 4.09. The average molecular weight is 449 g/mol. The molecule has 1 aromatic heterocycles. The molecule has 1 saturated heterocycles. The molecule has 0 radical (unpaired) electrons. The predicted octanol–water partition coefficient (Wildman–Crippen LogP) is 1.48. The molecule has 0 bridgehead atoms. The molecule has 2 N–H and O–H groups in total. The lowest BCUT2D eigenvalue weighted by Gasteiger charge is -2.40. The summed E-state index contributed by atoms with van der Waals surface area (Å²) in [6.45, 7) is 0.0787. The molecular weight excluding hydrogens is 426 g/mol. The zero-order valence-corrected chi connectivity index (χ0v) is 18.0. The molecule has 1 atom stereocenters. The van der Waals surface area contributed by atoms with Crippen molar-refractivity contribution in [1.82, 2.24) is 14.8 Å². The Labute approximate surface area is 189 Å². The smallest absolute Gasteiger partial charge is 0.339 e. The molecule has 1 aliphatic heterocycles. The number of benzene rings is 2. The van der Waals surface area contributed by atoms with Gasteiger partial charge in [0.2, 0.25) is 0 Å². The van der Waals surface area contributed by atoms with Crippen molar-refractivity contribution >= 4 is 34.5 Å². The van der Waals surface area contributed by atoms with Crippen molar-refractivity contribution < 1.29 is 29.0 Å². The number of nitrogens with one attached hydrogen (secondary N) is 1. The van der Waals surface area contributed by atoms with E-state index in [9.17, 15) is 24.3 Å². The molecular formula is C24H23N3O6. The maximum atomic E-state index is 13.1. The molecule has 170 valence electrons. The number of ether oxygens (including phenoxy) is 1. The van der Waals surface area contributed by atoms with Gasteiger partial charge in [-0.05, 0) is 18.2 Å². The largest absolute Gasteiger partial charge is 0.465 e. The summed E-state index contributed by atoms with van der Waals surface area (Å²) in [6, 6.07) is 12.9. The van der Waals surface area contributed by atoms with Crippen LogP contribution in [-0.4, -0.2) is 82.9 Å². The van der Waals surface area contributed by atoms with Crippen LogP contribution in [0.15, 0.2) is 54.7 Å². The summed E-state index contributed by atoms with van der Waals surface area (Å²) in [7, 11) is 1.26. The molecule has 3 aromatic rings. The van der Waals surface area contributed by atoms with Crippen molar-refractivity contribution in [3.63, 3.8) is 0 Å². The van der Waals surface area contributed by atoms with Crippen LogP contribution in [0, 0.1) is 0 Å². The topological polar surface area (TPSA) is 120 Å². The number of esters is 1. The number of hydrogen-bond acceptors (Lipinski definition) is 6. The van der Waals surface area contributed by atoms with Gasteiger partial charge >= 0.3 is 5.97 Å². The number of rotatable bonds is 5. The number of aromatic amines is 1. The number of aromatic nitrogens is 1. The lowest BCUT2D eigenvalue weighted by molar-refractivity contribution is -0.131. The van der Waals surface area contributed by atoms with Gasteiger partial charge in [0.15, 0.2) is 0 Å². The molecule has 1 unspecified atom stereocenters. The number of amides is 2. The number of nitrogens with zero attached hydrogens (tertiary/aromatic N) is 2. The summed E-state index contributed by atoms with van der Waals surface area (Å²) < 4.78 is 4.77. The van der Waals surface area contributed by atoms with Gasteiger partial charge in [0.25, 0.3) is 17.6 Å². The highest BCUT2D eigenvalue weighted by molar-refractivity contribution is 6.45. The highest BCUT2D eigenvalue weighted by Gasteiger charge is 2.36. The number of piperazine rings is 1. The lowest BCUT2D eigenvalue weighted by atomic mass is 10.0. The van der Waals surface area contributed by atoms with Crippen molar-refractivity contribution in [2.24, 2.45) is 0 Å². The Kier molecular flexibility index (Phi) is 6.23. The minimum atomic E-state index is -0.773. The first kappa shape index (κ1) is 22.2. The molecule has 2 amide bonds. The number of aliphatic hydroxyl groups excluding tert-OH is 1. The van der Waals surface area contributed by atoms with Crippen LogP contribution >= 0.6 is 0 Å². The second-order valence-corrected chi connectivity index (χ2v) is 7.70. The molecule has 1 aliphatic rings. The molecule has 0 spiro atoms. The van der Waals surface area contributed by atoms with Crippen LogP contribution in [0.25, 0.3) is 10.9 Å². The fraction of sp³-hybridized carbons (Fsp3) is 0.250. The summed E-state index contributed by atoms with van der Waals surface area (Å²) in [6.07, 6.45) is 1.39. The van der Waals surface area contributed by atoms with Crippen LogP contribution in [0.5, 0.6) is 0 Å². The zero-order valence-electron chi connectivity index (χ0n) is 18.0. The molecule has 9 heteroatoms. The van der Waals surface area contributed by atoms with Crippen molar-refractivity contribution in [2.45, 2.75) is 6.04 Å². The summed E-state index contributed by atoms with van der Waals surface area (Å²) in [5.74, 6) is -2.29.